The highest BCUT2D eigenvalue weighted by Crippen LogP contribution is 2.32. The second-order valence-electron chi connectivity index (χ2n) is 7.88. The lowest BCUT2D eigenvalue weighted by atomic mass is 10.2. The van der Waals surface area contributed by atoms with Crippen LogP contribution in [0, 0.1) is 0 Å². The van der Waals surface area contributed by atoms with Crippen molar-refractivity contribution in [3.63, 3.8) is 0 Å². The zero-order chi connectivity index (χ0) is 22.9. The van der Waals surface area contributed by atoms with E-state index in [9.17, 15) is 9.59 Å². The molecular formula is C22H22ClN7O2S. The summed E-state index contributed by atoms with van der Waals surface area (Å²) in [5, 5.41) is 12.6. The van der Waals surface area contributed by atoms with Crippen molar-refractivity contribution in [2.24, 2.45) is 0 Å². The zero-order valence-corrected chi connectivity index (χ0v) is 19.4. The molecule has 1 saturated heterocycles. The van der Waals surface area contributed by atoms with E-state index in [-0.39, 0.29) is 11.6 Å². The number of nitrogens with one attached hydrogen (secondary N) is 3. The molecule has 0 radical (unpaired) electrons. The average molecular weight is 484 g/mol. The average Bonchev–Trinajstić information content (AvgIpc) is 3.52. The summed E-state index contributed by atoms with van der Waals surface area (Å²) in [5.41, 5.74) is 2.49. The van der Waals surface area contributed by atoms with Gasteiger partial charge in [-0.15, -0.1) is 10.2 Å². The Hall–Kier alpha value is -3.24. The number of halogens is 1. The second-order valence-corrected chi connectivity index (χ2v) is 9.63. The maximum atomic E-state index is 12.9. The molecule has 1 amide bonds. The molecule has 0 saturated carbocycles. The Balaban J connectivity index is 1.39. The number of carbonyl (C=O) groups excluding carboxylic acids is 1. The molecule has 4 aromatic rings. The van der Waals surface area contributed by atoms with Crippen molar-refractivity contribution in [2.45, 2.75) is 30.2 Å². The standard InChI is InChI=1S/C22H22ClN7O2S/c1-13(19(31)24-15-7-8-17-18(12-15)26-20(32)25-17)33-22-28-27-21(29-9-2-3-10-29)30(22)16-6-4-5-14(23)11-16/h4-8,11-13H,2-3,9-10H2,1H3,(H,24,31)(H2,25,26,32). The van der Waals surface area contributed by atoms with Crippen LogP contribution in [0.25, 0.3) is 16.7 Å². The molecule has 2 aromatic carbocycles. The molecule has 5 rings (SSSR count). The molecule has 0 spiro atoms. The molecule has 1 unspecified atom stereocenters. The topological polar surface area (TPSA) is 112 Å². The SMILES string of the molecule is CC(Sc1nnc(N2CCCC2)n1-c1cccc(Cl)c1)C(=O)Nc1ccc2[nH]c(=O)[nH]c2c1. The van der Waals surface area contributed by atoms with Crippen molar-refractivity contribution in [2.75, 3.05) is 23.3 Å². The Morgan fingerprint density at radius 2 is 1.91 bits per heavy atom. The fourth-order valence-electron chi connectivity index (χ4n) is 3.87. The fourth-order valence-corrected chi connectivity index (χ4v) is 4.91. The number of aromatic amines is 2. The van der Waals surface area contributed by atoms with Crippen molar-refractivity contribution < 1.29 is 4.79 Å². The number of nitrogens with zero attached hydrogens (tertiary/aromatic N) is 4. The van der Waals surface area contributed by atoms with E-state index in [0.29, 0.717) is 26.9 Å². The van der Waals surface area contributed by atoms with E-state index >= 15 is 0 Å². The van der Waals surface area contributed by atoms with Crippen molar-refractivity contribution in [1.29, 1.82) is 0 Å². The highest BCUT2D eigenvalue weighted by atomic mass is 35.5. The molecule has 3 N–H and O–H groups in total. The number of fused-ring (bicyclic) bond motifs is 1. The highest BCUT2D eigenvalue weighted by Gasteiger charge is 2.25. The molecule has 0 aliphatic carbocycles. The van der Waals surface area contributed by atoms with Crippen LogP contribution >= 0.6 is 23.4 Å². The summed E-state index contributed by atoms with van der Waals surface area (Å²) in [6.45, 7) is 3.66. The molecule has 1 fully saturated rings. The smallest absolute Gasteiger partial charge is 0.323 e. The van der Waals surface area contributed by atoms with Gasteiger partial charge in [0, 0.05) is 23.8 Å². The first-order valence-electron chi connectivity index (χ1n) is 10.6. The predicted molar refractivity (Wildman–Crippen MR) is 131 cm³/mol. The Morgan fingerprint density at radius 3 is 2.70 bits per heavy atom. The van der Waals surface area contributed by atoms with Crippen LogP contribution in [-0.2, 0) is 4.79 Å². The maximum Gasteiger partial charge on any atom is 0.323 e. The molecule has 0 bridgehead atoms. The number of hydrogen-bond donors (Lipinski definition) is 3. The van der Waals surface area contributed by atoms with Gasteiger partial charge in [0.15, 0.2) is 5.16 Å². The molecule has 9 nitrogen and oxygen atoms in total. The van der Waals surface area contributed by atoms with E-state index < -0.39 is 5.25 Å². The third kappa shape index (κ3) is 4.49. The van der Waals surface area contributed by atoms with Crippen LogP contribution in [0.1, 0.15) is 19.8 Å². The Kier molecular flexibility index (Phi) is 5.86. The van der Waals surface area contributed by atoms with Gasteiger partial charge in [0.1, 0.15) is 0 Å². The molecule has 2 aromatic heterocycles. The van der Waals surface area contributed by atoms with Gasteiger partial charge in [-0.2, -0.15) is 0 Å². The van der Waals surface area contributed by atoms with Crippen LogP contribution in [0.3, 0.4) is 0 Å². The summed E-state index contributed by atoms with van der Waals surface area (Å²) >= 11 is 7.58. The number of hydrogen-bond acceptors (Lipinski definition) is 6. The summed E-state index contributed by atoms with van der Waals surface area (Å²) in [6, 6.07) is 12.8. The fraction of sp³-hybridized carbons (Fsp3) is 0.273. The van der Waals surface area contributed by atoms with Gasteiger partial charge >= 0.3 is 5.69 Å². The van der Waals surface area contributed by atoms with Crippen LogP contribution in [0.5, 0.6) is 0 Å². The summed E-state index contributed by atoms with van der Waals surface area (Å²) in [5.74, 6) is 0.576. The van der Waals surface area contributed by atoms with E-state index in [1.54, 1.807) is 18.2 Å². The first-order chi connectivity index (χ1) is 16.0. The van der Waals surface area contributed by atoms with Crippen LogP contribution < -0.4 is 15.9 Å². The molecule has 11 heteroatoms. The lowest BCUT2D eigenvalue weighted by molar-refractivity contribution is -0.115. The van der Waals surface area contributed by atoms with Crippen molar-refractivity contribution in [1.82, 2.24) is 24.7 Å². The van der Waals surface area contributed by atoms with E-state index in [1.807, 2.05) is 35.8 Å². The molecule has 1 aliphatic rings. The summed E-state index contributed by atoms with van der Waals surface area (Å²) in [7, 11) is 0. The van der Waals surface area contributed by atoms with E-state index in [0.717, 1.165) is 37.6 Å². The van der Waals surface area contributed by atoms with Crippen LogP contribution in [0.15, 0.2) is 52.4 Å². The third-order valence-corrected chi connectivity index (χ3v) is 6.78. The molecule has 170 valence electrons. The number of amides is 1. The van der Waals surface area contributed by atoms with Gasteiger partial charge in [0.25, 0.3) is 0 Å². The van der Waals surface area contributed by atoms with Gasteiger partial charge in [0.05, 0.1) is 22.0 Å². The predicted octanol–water partition coefficient (Wildman–Crippen LogP) is 3.81. The van der Waals surface area contributed by atoms with Gasteiger partial charge in [-0.25, -0.2) is 4.79 Å². The van der Waals surface area contributed by atoms with E-state index in [1.165, 1.54) is 11.8 Å². The molecule has 33 heavy (non-hydrogen) atoms. The molecule has 3 heterocycles. The largest absolute Gasteiger partial charge is 0.341 e. The lowest BCUT2D eigenvalue weighted by Crippen LogP contribution is -2.24. The minimum Gasteiger partial charge on any atom is -0.341 e. The minimum absolute atomic E-state index is 0.180. The number of H-pyrrole nitrogens is 2. The monoisotopic (exact) mass is 483 g/mol. The first-order valence-corrected chi connectivity index (χ1v) is 11.9. The van der Waals surface area contributed by atoms with E-state index in [2.05, 4.69) is 30.4 Å². The quantitative estimate of drug-likeness (QED) is 0.359. The molecule has 1 atom stereocenters. The Bertz CT molecular complexity index is 1370. The summed E-state index contributed by atoms with van der Waals surface area (Å²) in [6.07, 6.45) is 2.22. The number of carbonyl (C=O) groups is 1. The van der Waals surface area contributed by atoms with Crippen molar-refractivity contribution >= 4 is 51.9 Å². The highest BCUT2D eigenvalue weighted by molar-refractivity contribution is 8.00. The minimum atomic E-state index is -0.445. The van der Waals surface area contributed by atoms with Crippen LogP contribution in [0.2, 0.25) is 5.02 Å². The Morgan fingerprint density at radius 1 is 1.12 bits per heavy atom. The van der Waals surface area contributed by atoms with Gasteiger partial charge in [-0.3, -0.25) is 9.36 Å². The van der Waals surface area contributed by atoms with Gasteiger partial charge in [0.2, 0.25) is 11.9 Å². The van der Waals surface area contributed by atoms with E-state index in [4.69, 9.17) is 11.6 Å². The lowest BCUT2D eigenvalue weighted by Gasteiger charge is -2.19. The van der Waals surface area contributed by atoms with Gasteiger partial charge < -0.3 is 20.2 Å². The first kappa shape index (κ1) is 21.6. The number of anilines is 2. The Labute approximate surface area is 198 Å². The summed E-state index contributed by atoms with van der Waals surface area (Å²) in [4.78, 5) is 32.0. The normalized spacial score (nSPS) is 14.7. The molecular weight excluding hydrogens is 462 g/mol. The number of benzene rings is 2. The maximum absolute atomic E-state index is 12.9. The number of imidazole rings is 1. The number of rotatable bonds is 6. The number of aromatic nitrogens is 5. The second kappa shape index (κ2) is 8.95. The van der Waals surface area contributed by atoms with Crippen LogP contribution in [0.4, 0.5) is 11.6 Å². The summed E-state index contributed by atoms with van der Waals surface area (Å²) < 4.78 is 1.96. The number of thioether (sulfide) groups is 1. The zero-order valence-electron chi connectivity index (χ0n) is 17.8. The van der Waals surface area contributed by atoms with Crippen molar-refractivity contribution in [3.05, 3.63) is 58.0 Å². The van der Waals surface area contributed by atoms with Gasteiger partial charge in [-0.05, 0) is 56.2 Å². The third-order valence-electron chi connectivity index (χ3n) is 5.51. The van der Waals surface area contributed by atoms with Gasteiger partial charge in [-0.1, -0.05) is 29.4 Å². The van der Waals surface area contributed by atoms with Crippen molar-refractivity contribution in [3.8, 4) is 5.69 Å². The molecule has 1 aliphatic heterocycles. The van der Waals surface area contributed by atoms with Crippen LogP contribution in [-0.4, -0.2) is 49.0 Å².